The zero-order chi connectivity index (χ0) is 27.5. The molecule has 5 rings (SSSR count). The number of rotatable bonds is 9. The molecule has 1 saturated heterocycles. The van der Waals surface area contributed by atoms with Crippen LogP contribution in [0.5, 0.6) is 11.5 Å². The summed E-state index contributed by atoms with van der Waals surface area (Å²) in [5.41, 5.74) is 2.87. The Hall–Kier alpha value is -4.17. The van der Waals surface area contributed by atoms with Gasteiger partial charge in [0.15, 0.2) is 5.13 Å². The maximum absolute atomic E-state index is 13.5. The van der Waals surface area contributed by atoms with E-state index in [1.165, 1.54) is 16.2 Å². The maximum atomic E-state index is 13.5. The summed E-state index contributed by atoms with van der Waals surface area (Å²) in [5, 5.41) is 11.7. The summed E-state index contributed by atoms with van der Waals surface area (Å²) in [6.45, 7) is 7.09. The molecule has 1 aliphatic heterocycles. The first-order valence-corrected chi connectivity index (χ1v) is 13.9. The van der Waals surface area contributed by atoms with Crippen LogP contribution in [-0.2, 0) is 9.59 Å². The van der Waals surface area contributed by atoms with Crippen LogP contribution in [0.15, 0.2) is 72.3 Å². The minimum atomic E-state index is -0.858. The molecule has 1 unspecified atom stereocenters. The van der Waals surface area contributed by atoms with Crippen LogP contribution < -0.4 is 14.4 Å². The number of thiazole rings is 1. The number of Topliss-reactive ketones (excluding diaryl/α,β-unsaturated/α-hetero) is 1. The number of amides is 1. The quantitative estimate of drug-likeness (QED) is 0.108. The summed E-state index contributed by atoms with van der Waals surface area (Å²) in [6, 6.07) is 19.2. The zero-order valence-corrected chi connectivity index (χ0v) is 23.0. The third-order valence-electron chi connectivity index (χ3n) is 6.60. The largest absolute Gasteiger partial charge is 0.507 e. The van der Waals surface area contributed by atoms with Crippen molar-refractivity contribution in [2.45, 2.75) is 39.7 Å². The summed E-state index contributed by atoms with van der Waals surface area (Å²) in [5.74, 6) is -0.302. The lowest BCUT2D eigenvalue weighted by atomic mass is 9.95. The molecule has 1 aliphatic rings. The number of carbonyl (C=O) groups is 2. The van der Waals surface area contributed by atoms with Crippen LogP contribution in [0.1, 0.15) is 49.4 Å². The molecule has 1 fully saturated rings. The highest BCUT2D eigenvalue weighted by Crippen LogP contribution is 2.45. The second kappa shape index (κ2) is 11.3. The molecule has 1 atom stereocenters. The van der Waals surface area contributed by atoms with Gasteiger partial charge in [0.25, 0.3) is 5.78 Å². The summed E-state index contributed by atoms with van der Waals surface area (Å²) < 4.78 is 12.3. The highest BCUT2D eigenvalue weighted by atomic mass is 32.1. The molecule has 39 heavy (non-hydrogen) atoms. The number of benzene rings is 3. The second-order valence-corrected chi connectivity index (χ2v) is 10.4. The average molecular weight is 543 g/mol. The van der Waals surface area contributed by atoms with Crippen molar-refractivity contribution in [2.24, 2.45) is 0 Å². The molecule has 0 saturated carbocycles. The molecule has 0 spiro atoms. The van der Waals surface area contributed by atoms with Crippen molar-refractivity contribution < 1.29 is 24.2 Å². The monoisotopic (exact) mass is 542 g/mol. The van der Waals surface area contributed by atoms with Crippen LogP contribution in [0.4, 0.5) is 5.13 Å². The lowest BCUT2D eigenvalue weighted by Gasteiger charge is -2.23. The first-order valence-electron chi connectivity index (χ1n) is 13.1. The van der Waals surface area contributed by atoms with Crippen LogP contribution in [-0.4, -0.2) is 35.0 Å². The van der Waals surface area contributed by atoms with Crippen molar-refractivity contribution in [2.75, 3.05) is 18.1 Å². The van der Waals surface area contributed by atoms with Crippen molar-refractivity contribution in [3.05, 3.63) is 89.0 Å². The highest BCUT2D eigenvalue weighted by Gasteiger charge is 2.48. The molecule has 3 aromatic carbocycles. The van der Waals surface area contributed by atoms with Gasteiger partial charge in [-0.15, -0.1) is 0 Å². The maximum Gasteiger partial charge on any atom is 0.301 e. The highest BCUT2D eigenvalue weighted by molar-refractivity contribution is 7.22. The number of anilines is 1. The van der Waals surface area contributed by atoms with E-state index >= 15 is 0 Å². The summed E-state index contributed by atoms with van der Waals surface area (Å²) >= 11 is 1.30. The van der Waals surface area contributed by atoms with Gasteiger partial charge in [0, 0.05) is 5.56 Å². The van der Waals surface area contributed by atoms with Gasteiger partial charge >= 0.3 is 5.91 Å². The Morgan fingerprint density at radius 1 is 0.974 bits per heavy atom. The number of hydrogen-bond donors (Lipinski definition) is 1. The number of aromatic nitrogens is 1. The van der Waals surface area contributed by atoms with Gasteiger partial charge in [-0.05, 0) is 56.2 Å². The number of nitrogens with zero attached hydrogens (tertiary/aromatic N) is 2. The number of aryl methyl sites for hydroxylation is 1. The van der Waals surface area contributed by atoms with Crippen LogP contribution in [0.2, 0.25) is 0 Å². The number of hydrogen-bond acceptors (Lipinski definition) is 7. The predicted molar refractivity (Wildman–Crippen MR) is 154 cm³/mol. The molecule has 1 amide bonds. The fraction of sp³-hybridized carbons (Fsp3) is 0.258. The van der Waals surface area contributed by atoms with E-state index in [0.29, 0.717) is 46.5 Å². The standard InChI is InChI=1S/C31H30N2O5S/c1-4-6-17-38-22-13-11-20(12-14-22)27-26(28(34)21-9-7-19(3)8-10-21)29(35)30(36)33(27)31-32-24-16-15-23(37-5-2)18-25(24)39-31/h7-16,18,27,34H,4-6,17H2,1-3H3/b28-26+. The Balaban J connectivity index is 1.62. The van der Waals surface area contributed by atoms with Crippen LogP contribution in [0.25, 0.3) is 16.0 Å². The normalized spacial score (nSPS) is 16.7. The Morgan fingerprint density at radius 3 is 2.38 bits per heavy atom. The lowest BCUT2D eigenvalue weighted by molar-refractivity contribution is -0.132. The first-order chi connectivity index (χ1) is 18.9. The minimum absolute atomic E-state index is 0.0257. The van der Waals surface area contributed by atoms with E-state index in [9.17, 15) is 14.7 Å². The average Bonchev–Trinajstić information content (AvgIpc) is 3.47. The van der Waals surface area contributed by atoms with Gasteiger partial charge in [-0.25, -0.2) is 4.98 Å². The lowest BCUT2D eigenvalue weighted by Crippen LogP contribution is -2.29. The number of fused-ring (bicyclic) bond motifs is 1. The van der Waals surface area contributed by atoms with Crippen molar-refractivity contribution in [3.8, 4) is 11.5 Å². The number of ketones is 1. The van der Waals surface area contributed by atoms with E-state index < -0.39 is 17.7 Å². The molecule has 8 heteroatoms. The molecule has 0 radical (unpaired) electrons. The third kappa shape index (κ3) is 5.25. The molecule has 0 bridgehead atoms. The molecule has 7 nitrogen and oxygen atoms in total. The van der Waals surface area contributed by atoms with Crippen LogP contribution >= 0.6 is 11.3 Å². The summed E-state index contributed by atoms with van der Waals surface area (Å²) in [4.78, 5) is 33.1. The second-order valence-electron chi connectivity index (χ2n) is 9.37. The Morgan fingerprint density at radius 2 is 1.69 bits per heavy atom. The fourth-order valence-corrected chi connectivity index (χ4v) is 5.57. The summed E-state index contributed by atoms with van der Waals surface area (Å²) in [7, 11) is 0. The molecular weight excluding hydrogens is 512 g/mol. The van der Waals surface area contributed by atoms with Gasteiger partial charge in [-0.1, -0.05) is 66.6 Å². The SMILES string of the molecule is CCCCOc1ccc(C2/C(=C(\O)c3ccc(C)cc3)C(=O)C(=O)N2c2nc3ccc(OCC)cc3s2)cc1. The Labute approximate surface area is 231 Å². The van der Waals surface area contributed by atoms with Gasteiger partial charge in [-0.3, -0.25) is 14.5 Å². The Bertz CT molecular complexity index is 1540. The molecule has 200 valence electrons. The van der Waals surface area contributed by atoms with Gasteiger partial charge in [0.1, 0.15) is 17.3 Å². The van der Waals surface area contributed by atoms with Gasteiger partial charge in [-0.2, -0.15) is 0 Å². The minimum Gasteiger partial charge on any atom is -0.507 e. The smallest absolute Gasteiger partial charge is 0.301 e. The summed E-state index contributed by atoms with van der Waals surface area (Å²) in [6.07, 6.45) is 1.97. The predicted octanol–water partition coefficient (Wildman–Crippen LogP) is 6.81. The van der Waals surface area contributed by atoms with Gasteiger partial charge in [0.2, 0.25) is 0 Å². The van der Waals surface area contributed by atoms with E-state index in [2.05, 4.69) is 11.9 Å². The first kappa shape index (κ1) is 26.4. The molecule has 4 aromatic rings. The number of aliphatic hydroxyl groups is 1. The molecule has 1 aromatic heterocycles. The number of carbonyl (C=O) groups excluding carboxylic acids is 2. The van der Waals surface area contributed by atoms with Crippen molar-refractivity contribution in [1.82, 2.24) is 4.98 Å². The van der Waals surface area contributed by atoms with E-state index in [4.69, 9.17) is 9.47 Å². The van der Waals surface area contributed by atoms with Crippen LogP contribution in [0, 0.1) is 6.92 Å². The molecule has 1 N–H and O–H groups in total. The van der Waals surface area contributed by atoms with E-state index in [0.717, 1.165) is 23.1 Å². The van der Waals surface area contributed by atoms with Crippen molar-refractivity contribution in [1.29, 1.82) is 0 Å². The van der Waals surface area contributed by atoms with Crippen molar-refractivity contribution >= 4 is 44.1 Å². The van der Waals surface area contributed by atoms with Crippen LogP contribution in [0.3, 0.4) is 0 Å². The Kier molecular flexibility index (Phi) is 7.65. The van der Waals surface area contributed by atoms with Crippen molar-refractivity contribution in [3.63, 3.8) is 0 Å². The van der Waals surface area contributed by atoms with Gasteiger partial charge < -0.3 is 14.6 Å². The number of ether oxygens (including phenoxy) is 2. The van der Waals surface area contributed by atoms with E-state index in [1.807, 2.05) is 68.4 Å². The van der Waals surface area contributed by atoms with Gasteiger partial charge in [0.05, 0.1) is 35.0 Å². The number of unbranched alkanes of at least 4 members (excludes halogenated alkanes) is 1. The number of aliphatic hydroxyl groups excluding tert-OH is 1. The fourth-order valence-electron chi connectivity index (χ4n) is 4.55. The molecule has 2 heterocycles. The molecule has 0 aliphatic carbocycles. The van der Waals surface area contributed by atoms with E-state index in [-0.39, 0.29) is 11.3 Å². The molecular formula is C31H30N2O5S. The zero-order valence-electron chi connectivity index (χ0n) is 22.1. The third-order valence-corrected chi connectivity index (χ3v) is 7.62. The van der Waals surface area contributed by atoms with E-state index in [1.54, 1.807) is 12.1 Å². The topological polar surface area (TPSA) is 89.0 Å².